The average molecular weight is 413 g/mol. The molecule has 30 heavy (non-hydrogen) atoms. The fourth-order valence-corrected chi connectivity index (χ4v) is 3.59. The van der Waals surface area contributed by atoms with Gasteiger partial charge in [0.2, 0.25) is 5.91 Å². The lowest BCUT2D eigenvalue weighted by molar-refractivity contribution is -0.127. The van der Waals surface area contributed by atoms with Crippen LogP contribution in [-0.4, -0.2) is 51.4 Å². The lowest BCUT2D eigenvalue weighted by atomic mass is 10.1. The predicted octanol–water partition coefficient (Wildman–Crippen LogP) is -0.0282. The van der Waals surface area contributed by atoms with E-state index in [4.69, 9.17) is 5.73 Å². The van der Waals surface area contributed by atoms with Crippen molar-refractivity contribution in [3.63, 3.8) is 0 Å². The maximum absolute atomic E-state index is 13.1. The number of hydrogen-bond donors (Lipinski definition) is 2. The Labute approximate surface area is 174 Å². The first-order valence-electron chi connectivity index (χ1n) is 9.98. The van der Waals surface area contributed by atoms with Gasteiger partial charge >= 0.3 is 5.69 Å². The molecule has 9 nitrogen and oxygen atoms in total. The number of aromatic nitrogens is 2. The third-order valence-corrected chi connectivity index (χ3v) is 5.50. The van der Waals surface area contributed by atoms with Crippen LogP contribution < -0.4 is 22.3 Å². The molecular weight excluding hydrogens is 386 g/mol. The molecule has 0 aliphatic carbocycles. The zero-order valence-corrected chi connectivity index (χ0v) is 17.5. The molecule has 9 heteroatoms. The van der Waals surface area contributed by atoms with E-state index < -0.39 is 23.1 Å². The Bertz CT molecular complexity index is 1080. The summed E-state index contributed by atoms with van der Waals surface area (Å²) in [5, 5.41) is 2.74. The van der Waals surface area contributed by atoms with Crippen molar-refractivity contribution in [3.05, 3.63) is 61.8 Å². The molecule has 1 amide bonds. The van der Waals surface area contributed by atoms with E-state index in [-0.39, 0.29) is 36.9 Å². The van der Waals surface area contributed by atoms with E-state index in [1.807, 2.05) is 31.2 Å². The summed E-state index contributed by atoms with van der Waals surface area (Å²) < 4.78 is 2.28. The van der Waals surface area contributed by atoms with Crippen LogP contribution in [0, 0.1) is 6.92 Å². The minimum absolute atomic E-state index is 0.120. The van der Waals surface area contributed by atoms with Crippen molar-refractivity contribution < 1.29 is 9.59 Å². The van der Waals surface area contributed by atoms with E-state index in [9.17, 15) is 19.2 Å². The van der Waals surface area contributed by atoms with Gasteiger partial charge in [-0.05, 0) is 26.3 Å². The number of piperazine rings is 1. The predicted molar refractivity (Wildman–Crippen MR) is 114 cm³/mol. The van der Waals surface area contributed by atoms with Gasteiger partial charge in [-0.1, -0.05) is 29.8 Å². The van der Waals surface area contributed by atoms with Crippen molar-refractivity contribution in [1.29, 1.82) is 0 Å². The molecule has 1 unspecified atom stereocenters. The molecule has 1 aliphatic heterocycles. The van der Waals surface area contributed by atoms with Crippen molar-refractivity contribution in [2.24, 2.45) is 0 Å². The number of nitrogens with zero attached hydrogens (tertiary/aromatic N) is 3. The van der Waals surface area contributed by atoms with E-state index >= 15 is 0 Å². The standard InChI is InChI=1S/C21H27N5O4/c1-4-25-20(29)17(16(27)12-24-10-9-23-19(28)14(24)3)18(22)26(21(25)30)11-15-7-5-13(2)6-8-15/h5-8,14H,4,9-12,22H2,1-3H3,(H,23,28). The van der Waals surface area contributed by atoms with Gasteiger partial charge in [0, 0.05) is 19.6 Å². The van der Waals surface area contributed by atoms with Gasteiger partial charge in [0.05, 0.1) is 19.1 Å². The normalized spacial score (nSPS) is 17.0. The van der Waals surface area contributed by atoms with Crippen molar-refractivity contribution >= 4 is 17.5 Å². The van der Waals surface area contributed by atoms with Gasteiger partial charge in [0.1, 0.15) is 11.4 Å². The first-order valence-corrected chi connectivity index (χ1v) is 9.98. The Morgan fingerprint density at radius 2 is 1.83 bits per heavy atom. The lowest BCUT2D eigenvalue weighted by Crippen LogP contribution is -2.55. The number of carbonyl (C=O) groups is 2. The number of carbonyl (C=O) groups excluding carboxylic acids is 2. The Morgan fingerprint density at radius 3 is 2.47 bits per heavy atom. The summed E-state index contributed by atoms with van der Waals surface area (Å²) >= 11 is 0. The zero-order chi connectivity index (χ0) is 22.0. The van der Waals surface area contributed by atoms with Crippen LogP contribution in [0.5, 0.6) is 0 Å². The van der Waals surface area contributed by atoms with E-state index in [2.05, 4.69) is 5.32 Å². The summed E-state index contributed by atoms with van der Waals surface area (Å²) in [6, 6.07) is 7.09. The summed E-state index contributed by atoms with van der Waals surface area (Å²) in [7, 11) is 0. The van der Waals surface area contributed by atoms with Crippen molar-refractivity contribution in [2.45, 2.75) is 39.9 Å². The highest BCUT2D eigenvalue weighted by Gasteiger charge is 2.30. The quantitative estimate of drug-likeness (QED) is 0.642. The van der Waals surface area contributed by atoms with E-state index in [1.165, 1.54) is 4.57 Å². The summed E-state index contributed by atoms with van der Waals surface area (Å²) in [5.74, 6) is -0.814. The SMILES string of the molecule is CCn1c(=O)c(C(=O)CN2CCNC(=O)C2C)c(N)n(Cc2ccc(C)cc2)c1=O. The van der Waals surface area contributed by atoms with Gasteiger partial charge in [-0.3, -0.25) is 28.4 Å². The summed E-state index contributed by atoms with van der Waals surface area (Å²) in [4.78, 5) is 52.4. The van der Waals surface area contributed by atoms with Gasteiger partial charge < -0.3 is 11.1 Å². The maximum atomic E-state index is 13.1. The minimum Gasteiger partial charge on any atom is -0.384 e. The molecule has 3 N–H and O–H groups in total. The number of anilines is 1. The highest BCUT2D eigenvalue weighted by molar-refractivity contribution is 6.01. The largest absolute Gasteiger partial charge is 0.384 e. The van der Waals surface area contributed by atoms with Gasteiger partial charge in [-0.15, -0.1) is 0 Å². The smallest absolute Gasteiger partial charge is 0.332 e. The molecule has 0 radical (unpaired) electrons. The molecule has 160 valence electrons. The zero-order valence-electron chi connectivity index (χ0n) is 17.5. The number of nitrogen functional groups attached to an aromatic ring is 1. The van der Waals surface area contributed by atoms with Crippen LogP contribution in [0.2, 0.25) is 0 Å². The lowest BCUT2D eigenvalue weighted by Gasteiger charge is -2.32. The first-order chi connectivity index (χ1) is 14.2. The van der Waals surface area contributed by atoms with Crippen LogP contribution in [0.3, 0.4) is 0 Å². The number of benzene rings is 1. The van der Waals surface area contributed by atoms with Crippen LogP contribution in [0.25, 0.3) is 0 Å². The number of amides is 1. The highest BCUT2D eigenvalue weighted by atomic mass is 16.2. The van der Waals surface area contributed by atoms with Crippen molar-refractivity contribution in [3.8, 4) is 0 Å². The number of aryl methyl sites for hydroxylation is 1. The number of nitrogens with two attached hydrogens (primary N) is 1. The Kier molecular flexibility index (Phi) is 6.21. The van der Waals surface area contributed by atoms with Gasteiger partial charge in [-0.2, -0.15) is 0 Å². The number of ketones is 1. The highest BCUT2D eigenvalue weighted by Crippen LogP contribution is 2.13. The number of rotatable bonds is 6. The second-order valence-electron chi connectivity index (χ2n) is 7.52. The number of nitrogens with one attached hydrogen (secondary N) is 1. The number of Topliss-reactive ketones (excluding diaryl/α,β-unsaturated/α-hetero) is 1. The molecule has 0 spiro atoms. The second kappa shape index (κ2) is 8.66. The van der Waals surface area contributed by atoms with Crippen molar-refractivity contribution in [1.82, 2.24) is 19.4 Å². The van der Waals surface area contributed by atoms with Crippen LogP contribution in [0.15, 0.2) is 33.9 Å². The molecule has 1 aliphatic rings. The van der Waals surface area contributed by atoms with Crippen molar-refractivity contribution in [2.75, 3.05) is 25.4 Å². The van der Waals surface area contributed by atoms with Gasteiger partial charge in [0.15, 0.2) is 5.78 Å². The molecule has 3 rings (SSSR count). The van der Waals surface area contributed by atoms with Crippen LogP contribution in [-0.2, 0) is 17.9 Å². The Hall–Kier alpha value is -3.20. The number of hydrogen-bond acceptors (Lipinski definition) is 6. The van der Waals surface area contributed by atoms with E-state index in [0.717, 1.165) is 15.7 Å². The minimum atomic E-state index is -0.695. The van der Waals surface area contributed by atoms with Gasteiger partial charge in [0.25, 0.3) is 5.56 Å². The molecule has 1 saturated heterocycles. The van der Waals surface area contributed by atoms with Crippen LogP contribution in [0.4, 0.5) is 5.82 Å². The average Bonchev–Trinajstić information content (AvgIpc) is 2.70. The molecular formula is C21H27N5O4. The monoisotopic (exact) mass is 413 g/mol. The van der Waals surface area contributed by atoms with Gasteiger partial charge in [-0.25, -0.2) is 4.79 Å². The van der Waals surface area contributed by atoms with E-state index in [0.29, 0.717) is 13.1 Å². The topological polar surface area (TPSA) is 119 Å². The summed E-state index contributed by atoms with van der Waals surface area (Å²) in [6.07, 6.45) is 0. The molecule has 1 fully saturated rings. The molecule has 0 saturated carbocycles. The Morgan fingerprint density at radius 1 is 1.17 bits per heavy atom. The fraction of sp³-hybridized carbons (Fsp3) is 0.429. The summed E-state index contributed by atoms with van der Waals surface area (Å²) in [6.45, 7) is 6.39. The Balaban J connectivity index is 2.02. The van der Waals surface area contributed by atoms with Crippen LogP contribution in [0.1, 0.15) is 35.3 Å². The molecule has 1 atom stereocenters. The maximum Gasteiger partial charge on any atom is 0.332 e. The summed E-state index contributed by atoms with van der Waals surface area (Å²) in [5.41, 5.74) is 6.64. The first kappa shape index (κ1) is 21.5. The molecule has 1 aromatic heterocycles. The molecule has 2 aromatic rings. The second-order valence-corrected chi connectivity index (χ2v) is 7.52. The third-order valence-electron chi connectivity index (χ3n) is 5.50. The van der Waals surface area contributed by atoms with Crippen LogP contribution >= 0.6 is 0 Å². The molecule has 1 aromatic carbocycles. The molecule has 0 bridgehead atoms. The van der Waals surface area contributed by atoms with E-state index in [1.54, 1.807) is 18.7 Å². The third kappa shape index (κ3) is 4.06. The fourth-order valence-electron chi connectivity index (χ4n) is 3.59. The molecule has 2 heterocycles.